The van der Waals surface area contributed by atoms with Crippen LogP contribution in [0.25, 0.3) is 0 Å². The van der Waals surface area contributed by atoms with Crippen LogP contribution >= 0.6 is 8.38 Å². The van der Waals surface area contributed by atoms with Gasteiger partial charge < -0.3 is 9.05 Å². The fourth-order valence-electron chi connectivity index (χ4n) is 1.65. The standard InChI is InChI=1S/C13H19O4PS/c1-13(2)9-16-18(17-10-13)8-11-4-6-12(7-5-11)19(3,14)15/h4-7H,8-10H2,1-3H3. The number of sulfone groups is 1. The van der Waals surface area contributed by atoms with E-state index >= 15 is 0 Å². The van der Waals surface area contributed by atoms with E-state index in [1.807, 2.05) is 12.1 Å². The zero-order chi connectivity index (χ0) is 14.1. The van der Waals surface area contributed by atoms with Gasteiger partial charge in [-0.1, -0.05) is 26.0 Å². The van der Waals surface area contributed by atoms with Gasteiger partial charge in [0.2, 0.25) is 0 Å². The summed E-state index contributed by atoms with van der Waals surface area (Å²) in [4.78, 5) is 0.343. The van der Waals surface area contributed by atoms with Crippen LogP contribution in [0.2, 0.25) is 0 Å². The maximum Gasteiger partial charge on any atom is 0.175 e. The van der Waals surface area contributed by atoms with Crippen LogP contribution < -0.4 is 0 Å². The predicted molar refractivity (Wildman–Crippen MR) is 75.9 cm³/mol. The van der Waals surface area contributed by atoms with Crippen molar-refractivity contribution in [2.45, 2.75) is 24.9 Å². The largest absolute Gasteiger partial charge is 0.333 e. The Bertz CT molecular complexity index is 526. The number of hydrogen-bond acceptors (Lipinski definition) is 4. The summed E-state index contributed by atoms with van der Waals surface area (Å²) in [5, 5.41) is 0. The van der Waals surface area contributed by atoms with Crippen LogP contribution in [0.4, 0.5) is 0 Å². The molecule has 1 aromatic rings. The first-order chi connectivity index (χ1) is 8.76. The van der Waals surface area contributed by atoms with Gasteiger partial charge in [0.15, 0.2) is 18.2 Å². The molecule has 0 saturated carbocycles. The van der Waals surface area contributed by atoms with E-state index < -0.39 is 18.2 Å². The van der Waals surface area contributed by atoms with Crippen LogP contribution in [0.1, 0.15) is 19.4 Å². The summed E-state index contributed by atoms with van der Waals surface area (Å²) < 4.78 is 34.2. The normalized spacial score (nSPS) is 20.4. The third-order valence-electron chi connectivity index (χ3n) is 2.86. The minimum Gasteiger partial charge on any atom is -0.333 e. The lowest BCUT2D eigenvalue weighted by atomic mass is 9.97. The van der Waals surface area contributed by atoms with Crippen LogP contribution in [0.3, 0.4) is 0 Å². The van der Waals surface area contributed by atoms with Crippen molar-refractivity contribution in [3.05, 3.63) is 29.8 Å². The van der Waals surface area contributed by atoms with E-state index in [2.05, 4.69) is 13.8 Å². The second-order valence-electron chi connectivity index (χ2n) is 5.62. The molecule has 1 aromatic carbocycles. The Hall–Kier alpha value is -0.480. The molecule has 0 atom stereocenters. The Labute approximate surface area is 116 Å². The monoisotopic (exact) mass is 302 g/mol. The van der Waals surface area contributed by atoms with Gasteiger partial charge in [-0.3, -0.25) is 0 Å². The molecule has 1 aliphatic heterocycles. The highest BCUT2D eigenvalue weighted by Gasteiger charge is 2.28. The van der Waals surface area contributed by atoms with Gasteiger partial charge >= 0.3 is 0 Å². The third kappa shape index (κ3) is 4.25. The van der Waals surface area contributed by atoms with Gasteiger partial charge in [0, 0.05) is 17.8 Å². The van der Waals surface area contributed by atoms with Gasteiger partial charge in [0.1, 0.15) is 0 Å². The molecule has 2 rings (SSSR count). The van der Waals surface area contributed by atoms with E-state index in [4.69, 9.17) is 9.05 Å². The van der Waals surface area contributed by atoms with Gasteiger partial charge in [0.25, 0.3) is 0 Å². The minimum atomic E-state index is -3.13. The van der Waals surface area contributed by atoms with Crippen LogP contribution in [-0.4, -0.2) is 27.9 Å². The van der Waals surface area contributed by atoms with Gasteiger partial charge in [-0.25, -0.2) is 8.42 Å². The van der Waals surface area contributed by atoms with Gasteiger partial charge in [-0.15, -0.1) is 0 Å². The first-order valence-corrected chi connectivity index (χ1v) is 9.34. The molecule has 0 aliphatic carbocycles. The summed E-state index contributed by atoms with van der Waals surface area (Å²) in [6.45, 7) is 5.64. The molecule has 19 heavy (non-hydrogen) atoms. The Morgan fingerprint density at radius 3 is 2.16 bits per heavy atom. The summed E-state index contributed by atoms with van der Waals surface area (Å²) >= 11 is 0. The van der Waals surface area contributed by atoms with Crippen molar-refractivity contribution in [3.8, 4) is 0 Å². The molecule has 0 amide bonds. The summed E-state index contributed by atoms with van der Waals surface area (Å²) in [6.07, 6.45) is 1.91. The van der Waals surface area contributed by atoms with Gasteiger partial charge in [-0.05, 0) is 17.7 Å². The molecule has 6 heteroatoms. The summed E-state index contributed by atoms with van der Waals surface area (Å²) in [6, 6.07) is 6.91. The van der Waals surface area contributed by atoms with Crippen molar-refractivity contribution in [1.82, 2.24) is 0 Å². The molecule has 0 unspecified atom stereocenters. The quantitative estimate of drug-likeness (QED) is 0.806. The van der Waals surface area contributed by atoms with E-state index in [9.17, 15) is 8.42 Å². The molecule has 0 bridgehead atoms. The second kappa shape index (κ2) is 5.49. The Morgan fingerprint density at radius 2 is 1.68 bits per heavy atom. The number of benzene rings is 1. The zero-order valence-corrected chi connectivity index (χ0v) is 13.1. The van der Waals surface area contributed by atoms with Crippen LogP contribution in [-0.2, 0) is 25.0 Å². The van der Waals surface area contributed by atoms with Crippen molar-refractivity contribution in [2.24, 2.45) is 5.41 Å². The summed E-state index contributed by atoms with van der Waals surface area (Å²) in [7, 11) is -4.02. The van der Waals surface area contributed by atoms with E-state index in [-0.39, 0.29) is 5.41 Å². The fourth-order valence-corrected chi connectivity index (χ4v) is 4.04. The lowest BCUT2D eigenvalue weighted by Crippen LogP contribution is -2.28. The Kier molecular flexibility index (Phi) is 4.31. The van der Waals surface area contributed by atoms with Crippen LogP contribution in [0.5, 0.6) is 0 Å². The zero-order valence-electron chi connectivity index (χ0n) is 11.4. The van der Waals surface area contributed by atoms with Crippen molar-refractivity contribution in [2.75, 3.05) is 19.5 Å². The van der Waals surface area contributed by atoms with E-state index in [1.54, 1.807) is 12.1 Å². The molecule has 1 saturated heterocycles. The first-order valence-electron chi connectivity index (χ1n) is 6.09. The minimum absolute atomic E-state index is 0.0823. The lowest BCUT2D eigenvalue weighted by Gasteiger charge is -2.33. The van der Waals surface area contributed by atoms with E-state index in [1.165, 1.54) is 6.26 Å². The first kappa shape index (κ1) is 14.9. The van der Waals surface area contributed by atoms with E-state index in [0.717, 1.165) is 5.56 Å². The average Bonchev–Trinajstić information content (AvgIpc) is 2.31. The van der Waals surface area contributed by atoms with Crippen molar-refractivity contribution >= 4 is 18.2 Å². The lowest BCUT2D eigenvalue weighted by molar-refractivity contribution is 0.0613. The highest BCUT2D eigenvalue weighted by Crippen LogP contribution is 2.48. The second-order valence-corrected chi connectivity index (χ2v) is 9.13. The van der Waals surface area contributed by atoms with Crippen LogP contribution in [0, 0.1) is 5.41 Å². The third-order valence-corrected chi connectivity index (χ3v) is 5.45. The van der Waals surface area contributed by atoms with Crippen LogP contribution in [0.15, 0.2) is 29.2 Å². The van der Waals surface area contributed by atoms with Crippen molar-refractivity contribution in [1.29, 1.82) is 0 Å². The highest BCUT2D eigenvalue weighted by atomic mass is 32.2. The molecule has 0 spiro atoms. The number of hydrogen-bond donors (Lipinski definition) is 0. The van der Waals surface area contributed by atoms with Gasteiger partial charge in [0.05, 0.1) is 18.1 Å². The van der Waals surface area contributed by atoms with Gasteiger partial charge in [-0.2, -0.15) is 0 Å². The molecular weight excluding hydrogens is 283 g/mol. The number of rotatable bonds is 3. The summed E-state index contributed by atoms with van der Waals surface area (Å²) in [5.74, 6) is 0. The molecule has 0 radical (unpaired) electrons. The maximum atomic E-state index is 11.4. The average molecular weight is 302 g/mol. The predicted octanol–water partition coefficient (Wildman–Crippen LogP) is 2.98. The van der Waals surface area contributed by atoms with E-state index in [0.29, 0.717) is 24.3 Å². The van der Waals surface area contributed by atoms with Crippen molar-refractivity contribution < 1.29 is 17.5 Å². The molecular formula is C13H19O4PS. The van der Waals surface area contributed by atoms with Crippen molar-refractivity contribution in [3.63, 3.8) is 0 Å². The molecule has 1 fully saturated rings. The Morgan fingerprint density at radius 1 is 1.16 bits per heavy atom. The topological polar surface area (TPSA) is 52.6 Å². The fraction of sp³-hybridized carbons (Fsp3) is 0.538. The molecule has 1 aliphatic rings. The smallest absolute Gasteiger partial charge is 0.175 e. The molecule has 1 heterocycles. The molecule has 0 N–H and O–H groups in total. The Balaban J connectivity index is 1.97. The molecule has 0 aromatic heterocycles. The molecule has 106 valence electrons. The highest BCUT2D eigenvalue weighted by molar-refractivity contribution is 7.90. The molecule has 4 nitrogen and oxygen atoms in total. The SMILES string of the molecule is CC1(C)COP(Cc2ccc(S(C)(=O)=O)cc2)OC1. The summed E-state index contributed by atoms with van der Waals surface area (Å²) in [5.41, 5.74) is 1.12. The maximum absolute atomic E-state index is 11.4.